The van der Waals surface area contributed by atoms with E-state index in [1.165, 1.54) is 12.1 Å². The largest absolute Gasteiger partial charge is 0.478 e. The highest BCUT2D eigenvalue weighted by Gasteiger charge is 2.08. The molecule has 6 nitrogen and oxygen atoms in total. The highest BCUT2D eigenvalue weighted by Crippen LogP contribution is 2.24. The number of aldehydes is 1. The van der Waals surface area contributed by atoms with Gasteiger partial charge in [-0.3, -0.25) is 0 Å². The highest BCUT2D eigenvalue weighted by molar-refractivity contribution is 5.93. The first-order valence-corrected chi connectivity index (χ1v) is 6.72. The number of rotatable bonds is 6. The van der Waals surface area contributed by atoms with Gasteiger partial charge in [-0.05, 0) is 30.7 Å². The lowest BCUT2D eigenvalue weighted by Crippen LogP contribution is -2.24. The first-order chi connectivity index (χ1) is 10.5. The van der Waals surface area contributed by atoms with Crippen LogP contribution < -0.4 is 10.5 Å². The third-order valence-electron chi connectivity index (χ3n) is 3.21. The Morgan fingerprint density at radius 3 is 2.77 bits per heavy atom. The van der Waals surface area contributed by atoms with Crippen molar-refractivity contribution in [1.29, 1.82) is 0 Å². The third kappa shape index (κ3) is 3.41. The Bertz CT molecular complexity index is 791. The molecule has 2 aromatic rings. The van der Waals surface area contributed by atoms with E-state index in [0.29, 0.717) is 23.1 Å². The quantitative estimate of drug-likeness (QED) is 0.498. The molecule has 0 saturated heterocycles. The van der Waals surface area contributed by atoms with Gasteiger partial charge < -0.3 is 19.2 Å². The maximum atomic E-state index is 11.6. The predicted octanol–water partition coefficient (Wildman–Crippen LogP) is 1.92. The topological polar surface area (TPSA) is 87.8 Å². The molecule has 0 radical (unpaired) electrons. The summed E-state index contributed by atoms with van der Waals surface area (Å²) in [5, 5.41) is 9.32. The molecule has 0 spiro atoms. The van der Waals surface area contributed by atoms with E-state index in [4.69, 9.17) is 9.52 Å². The zero-order valence-corrected chi connectivity index (χ0v) is 12.0. The first-order valence-electron chi connectivity index (χ1n) is 6.72. The number of benzene rings is 1. The molecule has 0 unspecified atom stereocenters. The lowest BCUT2D eigenvalue weighted by atomic mass is 10.1. The summed E-state index contributed by atoms with van der Waals surface area (Å²) in [7, 11) is 0. The summed E-state index contributed by atoms with van der Waals surface area (Å²) in [5.41, 5.74) is 1.01. The van der Waals surface area contributed by atoms with Crippen LogP contribution in [0.3, 0.4) is 0 Å². The van der Waals surface area contributed by atoms with Gasteiger partial charge in [-0.1, -0.05) is 0 Å². The molecule has 114 valence electrons. The summed E-state index contributed by atoms with van der Waals surface area (Å²) in [6, 6.07) is 6.45. The van der Waals surface area contributed by atoms with Crippen LogP contribution in [0.4, 0.5) is 5.69 Å². The standard InChI is InChI=1S/C16H15NO5/c1-2-17(7-8-18)12-4-5-13-11(3-6-15(19)20)9-16(21)22-14(13)10-12/h3-6,8-10H,2,7H2,1H3,(H,19,20)/b6-3+. The van der Waals surface area contributed by atoms with Gasteiger partial charge in [0.05, 0.1) is 6.54 Å². The van der Waals surface area contributed by atoms with E-state index in [0.717, 1.165) is 18.0 Å². The van der Waals surface area contributed by atoms with Crippen LogP contribution in [0.1, 0.15) is 12.5 Å². The number of carboxylic acid groups (broad SMARTS) is 1. The molecule has 1 aromatic heterocycles. The van der Waals surface area contributed by atoms with Crippen molar-refractivity contribution >= 4 is 35.0 Å². The Balaban J connectivity index is 2.56. The molecule has 22 heavy (non-hydrogen) atoms. The van der Waals surface area contributed by atoms with E-state index in [1.54, 1.807) is 18.2 Å². The van der Waals surface area contributed by atoms with Gasteiger partial charge in [0.2, 0.25) is 0 Å². The van der Waals surface area contributed by atoms with Gasteiger partial charge in [-0.2, -0.15) is 0 Å². The lowest BCUT2D eigenvalue weighted by molar-refractivity contribution is -0.131. The summed E-state index contributed by atoms with van der Waals surface area (Å²) in [6.45, 7) is 2.79. The minimum Gasteiger partial charge on any atom is -0.478 e. The van der Waals surface area contributed by atoms with Gasteiger partial charge in [0.25, 0.3) is 0 Å². The molecule has 1 N–H and O–H groups in total. The molecule has 1 heterocycles. The van der Waals surface area contributed by atoms with Crippen molar-refractivity contribution in [2.45, 2.75) is 6.92 Å². The SMILES string of the molecule is CCN(CC=O)c1ccc2c(/C=C/C(=O)O)cc(=O)oc2c1. The van der Waals surface area contributed by atoms with E-state index in [2.05, 4.69) is 0 Å². The number of carbonyl (C=O) groups excluding carboxylic acids is 1. The van der Waals surface area contributed by atoms with Gasteiger partial charge in [0, 0.05) is 35.8 Å². The van der Waals surface area contributed by atoms with Crippen LogP contribution in [-0.4, -0.2) is 30.5 Å². The van der Waals surface area contributed by atoms with Gasteiger partial charge in [0.15, 0.2) is 0 Å². The summed E-state index contributed by atoms with van der Waals surface area (Å²) < 4.78 is 5.17. The first kappa shape index (κ1) is 15.5. The molecular formula is C16H15NO5. The number of anilines is 1. The van der Waals surface area contributed by atoms with Gasteiger partial charge in [0.1, 0.15) is 11.9 Å². The highest BCUT2D eigenvalue weighted by atomic mass is 16.4. The molecule has 0 amide bonds. The fraction of sp³-hybridized carbons (Fsp3) is 0.188. The Kier molecular flexibility index (Phi) is 4.73. The van der Waals surface area contributed by atoms with Crippen molar-refractivity contribution < 1.29 is 19.1 Å². The van der Waals surface area contributed by atoms with Crippen LogP contribution in [-0.2, 0) is 9.59 Å². The minimum absolute atomic E-state index is 0.241. The van der Waals surface area contributed by atoms with Crippen LogP contribution in [0.2, 0.25) is 0 Å². The van der Waals surface area contributed by atoms with Crippen molar-refractivity contribution in [1.82, 2.24) is 0 Å². The summed E-state index contributed by atoms with van der Waals surface area (Å²) >= 11 is 0. The second-order valence-electron chi connectivity index (χ2n) is 4.58. The normalized spacial score (nSPS) is 11.0. The molecule has 0 aliphatic heterocycles. The van der Waals surface area contributed by atoms with Crippen molar-refractivity contribution in [3.8, 4) is 0 Å². The van der Waals surface area contributed by atoms with E-state index in [1.807, 2.05) is 11.8 Å². The molecule has 6 heteroatoms. The molecule has 0 saturated carbocycles. The Hall–Kier alpha value is -2.89. The number of nitrogens with zero attached hydrogens (tertiary/aromatic N) is 1. The molecule has 1 aromatic carbocycles. The van der Waals surface area contributed by atoms with Crippen molar-refractivity contribution in [3.05, 3.63) is 46.3 Å². The summed E-state index contributed by atoms with van der Waals surface area (Å²) in [4.78, 5) is 34.7. The fourth-order valence-electron chi connectivity index (χ4n) is 2.18. The Morgan fingerprint density at radius 1 is 1.36 bits per heavy atom. The van der Waals surface area contributed by atoms with Gasteiger partial charge in [-0.15, -0.1) is 0 Å². The maximum absolute atomic E-state index is 11.6. The number of carboxylic acids is 1. The second kappa shape index (κ2) is 6.71. The number of hydrogen-bond donors (Lipinski definition) is 1. The number of aliphatic carboxylic acids is 1. The summed E-state index contributed by atoms with van der Waals surface area (Å²) in [6.07, 6.45) is 3.12. The molecule has 0 atom stereocenters. The smallest absolute Gasteiger partial charge is 0.336 e. The number of hydrogen-bond acceptors (Lipinski definition) is 5. The van der Waals surface area contributed by atoms with Crippen molar-refractivity contribution in [2.75, 3.05) is 18.0 Å². The Morgan fingerprint density at radius 2 is 2.14 bits per heavy atom. The van der Waals surface area contributed by atoms with Crippen LogP contribution in [0.5, 0.6) is 0 Å². The molecule has 0 fully saturated rings. The van der Waals surface area contributed by atoms with Crippen LogP contribution in [0.25, 0.3) is 17.0 Å². The predicted molar refractivity (Wildman–Crippen MR) is 83.1 cm³/mol. The zero-order valence-electron chi connectivity index (χ0n) is 12.0. The van der Waals surface area contributed by atoms with E-state index >= 15 is 0 Å². The van der Waals surface area contributed by atoms with E-state index in [-0.39, 0.29) is 6.54 Å². The van der Waals surface area contributed by atoms with Crippen LogP contribution in [0.15, 0.2) is 39.6 Å². The molecular weight excluding hydrogens is 286 g/mol. The number of carbonyl (C=O) groups is 2. The van der Waals surface area contributed by atoms with Gasteiger partial charge in [-0.25, -0.2) is 9.59 Å². The average molecular weight is 301 g/mol. The average Bonchev–Trinajstić information content (AvgIpc) is 2.49. The van der Waals surface area contributed by atoms with Crippen LogP contribution >= 0.6 is 0 Å². The van der Waals surface area contributed by atoms with Crippen molar-refractivity contribution in [2.24, 2.45) is 0 Å². The molecule has 0 aliphatic carbocycles. The third-order valence-corrected chi connectivity index (χ3v) is 3.21. The number of likely N-dealkylation sites (N-methyl/N-ethyl adjacent to an activating group) is 1. The number of fused-ring (bicyclic) bond motifs is 1. The van der Waals surface area contributed by atoms with Gasteiger partial charge >= 0.3 is 11.6 Å². The van der Waals surface area contributed by atoms with E-state index < -0.39 is 11.6 Å². The second-order valence-corrected chi connectivity index (χ2v) is 4.58. The molecule has 2 rings (SSSR count). The Labute approximate surface area is 126 Å². The van der Waals surface area contributed by atoms with Crippen molar-refractivity contribution in [3.63, 3.8) is 0 Å². The van der Waals surface area contributed by atoms with Crippen LogP contribution in [0, 0.1) is 0 Å². The fourth-order valence-corrected chi connectivity index (χ4v) is 2.18. The van der Waals surface area contributed by atoms with E-state index in [9.17, 15) is 14.4 Å². The lowest BCUT2D eigenvalue weighted by Gasteiger charge is -2.20. The minimum atomic E-state index is -1.10. The molecule has 0 aliphatic rings. The monoisotopic (exact) mass is 301 g/mol. The maximum Gasteiger partial charge on any atom is 0.336 e. The molecule has 0 bridgehead atoms. The summed E-state index contributed by atoms with van der Waals surface area (Å²) in [5.74, 6) is -1.10. The zero-order chi connectivity index (χ0) is 16.1.